The van der Waals surface area contributed by atoms with E-state index >= 15 is 0 Å². The standard InChI is InChI=1S/C17H22N2O/c1-13(2)19(11-14-6-8-17(20)9-7-14)12-15-4-3-5-16(18)10-15/h3-10,13,20H,11-12,18H2,1-2H3. The number of nitrogens with zero attached hydrogens (tertiary/aromatic N) is 1. The SMILES string of the molecule is CC(C)N(Cc1ccc(O)cc1)Cc1cccc(N)c1. The van der Waals surface area contributed by atoms with Gasteiger partial charge in [0.1, 0.15) is 5.75 Å². The van der Waals surface area contributed by atoms with Crippen LogP contribution in [0.15, 0.2) is 48.5 Å². The zero-order chi connectivity index (χ0) is 14.5. The normalized spacial score (nSPS) is 11.2. The van der Waals surface area contributed by atoms with E-state index in [1.165, 1.54) is 11.1 Å². The molecule has 3 nitrogen and oxygen atoms in total. The molecule has 0 bridgehead atoms. The highest BCUT2D eigenvalue weighted by Gasteiger charge is 2.11. The molecule has 2 rings (SSSR count). The molecule has 2 aromatic carbocycles. The number of phenolic OH excluding ortho intramolecular Hbond substituents is 1. The largest absolute Gasteiger partial charge is 0.508 e. The van der Waals surface area contributed by atoms with E-state index in [1.807, 2.05) is 30.3 Å². The molecule has 0 fully saturated rings. The zero-order valence-corrected chi connectivity index (χ0v) is 12.1. The molecule has 0 atom stereocenters. The first kappa shape index (κ1) is 14.4. The van der Waals surface area contributed by atoms with Crippen LogP contribution in [0.4, 0.5) is 5.69 Å². The van der Waals surface area contributed by atoms with E-state index in [0.717, 1.165) is 18.8 Å². The highest BCUT2D eigenvalue weighted by atomic mass is 16.3. The quantitative estimate of drug-likeness (QED) is 0.819. The molecule has 2 aromatic rings. The van der Waals surface area contributed by atoms with Gasteiger partial charge in [-0.2, -0.15) is 0 Å². The number of benzene rings is 2. The maximum absolute atomic E-state index is 9.34. The van der Waals surface area contributed by atoms with Crippen molar-refractivity contribution in [3.63, 3.8) is 0 Å². The van der Waals surface area contributed by atoms with Crippen molar-refractivity contribution in [3.8, 4) is 5.75 Å². The molecule has 0 saturated carbocycles. The molecule has 0 spiro atoms. The minimum absolute atomic E-state index is 0.306. The first-order chi connectivity index (χ1) is 9.54. The zero-order valence-electron chi connectivity index (χ0n) is 12.1. The van der Waals surface area contributed by atoms with Crippen molar-refractivity contribution in [2.24, 2.45) is 0 Å². The molecule has 0 heterocycles. The average molecular weight is 270 g/mol. The molecule has 0 aromatic heterocycles. The summed E-state index contributed by atoms with van der Waals surface area (Å²) < 4.78 is 0. The lowest BCUT2D eigenvalue weighted by Crippen LogP contribution is -2.29. The highest BCUT2D eigenvalue weighted by Crippen LogP contribution is 2.16. The van der Waals surface area contributed by atoms with Crippen molar-refractivity contribution in [3.05, 3.63) is 59.7 Å². The predicted octanol–water partition coefficient (Wildman–Crippen LogP) is 3.39. The molecule has 0 aliphatic heterocycles. The number of nitrogen functional groups attached to an aromatic ring is 1. The lowest BCUT2D eigenvalue weighted by atomic mass is 10.1. The second-order valence-corrected chi connectivity index (χ2v) is 5.41. The maximum Gasteiger partial charge on any atom is 0.115 e. The Hall–Kier alpha value is -2.00. The Morgan fingerprint density at radius 2 is 1.65 bits per heavy atom. The van der Waals surface area contributed by atoms with Crippen LogP contribution in [-0.2, 0) is 13.1 Å². The number of nitrogens with two attached hydrogens (primary N) is 1. The molecule has 0 aliphatic carbocycles. The Bertz CT molecular complexity index is 549. The molecule has 0 aliphatic rings. The fourth-order valence-corrected chi connectivity index (χ4v) is 2.18. The molecule has 0 radical (unpaired) electrons. The summed E-state index contributed by atoms with van der Waals surface area (Å²) in [5.74, 6) is 0.306. The van der Waals surface area contributed by atoms with Gasteiger partial charge >= 0.3 is 0 Å². The number of anilines is 1. The summed E-state index contributed by atoms with van der Waals surface area (Å²) in [5.41, 5.74) is 9.05. The van der Waals surface area contributed by atoms with Gasteiger partial charge in [0.25, 0.3) is 0 Å². The Morgan fingerprint density at radius 1 is 1.00 bits per heavy atom. The van der Waals surface area contributed by atoms with E-state index < -0.39 is 0 Å². The van der Waals surface area contributed by atoms with E-state index in [9.17, 15) is 5.11 Å². The van der Waals surface area contributed by atoms with Gasteiger partial charge in [-0.1, -0.05) is 24.3 Å². The van der Waals surface area contributed by atoms with Crippen molar-refractivity contribution < 1.29 is 5.11 Å². The third kappa shape index (κ3) is 4.00. The lowest BCUT2D eigenvalue weighted by Gasteiger charge is -2.26. The molecule has 106 valence electrons. The van der Waals surface area contributed by atoms with Crippen LogP contribution in [0.1, 0.15) is 25.0 Å². The van der Waals surface area contributed by atoms with Crippen LogP contribution >= 0.6 is 0 Å². The fraction of sp³-hybridized carbons (Fsp3) is 0.294. The van der Waals surface area contributed by atoms with E-state index in [2.05, 4.69) is 24.8 Å². The molecule has 0 unspecified atom stereocenters. The van der Waals surface area contributed by atoms with Gasteiger partial charge in [0.15, 0.2) is 0 Å². The molecular formula is C17H22N2O. The predicted molar refractivity (Wildman–Crippen MR) is 83.3 cm³/mol. The molecular weight excluding hydrogens is 248 g/mol. The van der Waals surface area contributed by atoms with Crippen LogP contribution in [-0.4, -0.2) is 16.0 Å². The van der Waals surface area contributed by atoms with E-state index in [4.69, 9.17) is 5.73 Å². The van der Waals surface area contributed by atoms with Gasteiger partial charge in [-0.3, -0.25) is 4.90 Å². The van der Waals surface area contributed by atoms with Gasteiger partial charge in [-0.05, 0) is 49.2 Å². The van der Waals surface area contributed by atoms with Gasteiger partial charge in [-0.15, -0.1) is 0 Å². The van der Waals surface area contributed by atoms with Crippen LogP contribution in [0.2, 0.25) is 0 Å². The smallest absolute Gasteiger partial charge is 0.115 e. The summed E-state index contributed by atoms with van der Waals surface area (Å²) in [6, 6.07) is 15.8. The molecule has 20 heavy (non-hydrogen) atoms. The summed E-state index contributed by atoms with van der Waals surface area (Å²) in [7, 11) is 0. The summed E-state index contributed by atoms with van der Waals surface area (Å²) in [5, 5.41) is 9.34. The Balaban J connectivity index is 2.09. The maximum atomic E-state index is 9.34. The average Bonchev–Trinajstić information content (AvgIpc) is 2.40. The summed E-state index contributed by atoms with van der Waals surface area (Å²) >= 11 is 0. The van der Waals surface area contributed by atoms with Gasteiger partial charge in [0.2, 0.25) is 0 Å². The lowest BCUT2D eigenvalue weighted by molar-refractivity contribution is 0.203. The van der Waals surface area contributed by atoms with E-state index in [-0.39, 0.29) is 0 Å². The molecule has 0 saturated heterocycles. The topological polar surface area (TPSA) is 49.5 Å². The summed E-state index contributed by atoms with van der Waals surface area (Å²) in [4.78, 5) is 2.38. The third-order valence-corrected chi connectivity index (χ3v) is 3.39. The van der Waals surface area contributed by atoms with Crippen molar-refractivity contribution >= 4 is 5.69 Å². The van der Waals surface area contributed by atoms with E-state index in [0.29, 0.717) is 11.8 Å². The van der Waals surface area contributed by atoms with Crippen LogP contribution in [0.3, 0.4) is 0 Å². The first-order valence-electron chi connectivity index (χ1n) is 6.91. The van der Waals surface area contributed by atoms with Crippen molar-refractivity contribution in [1.82, 2.24) is 4.90 Å². The molecule has 3 N–H and O–H groups in total. The van der Waals surface area contributed by atoms with Crippen molar-refractivity contribution in [2.45, 2.75) is 33.0 Å². The van der Waals surface area contributed by atoms with Crippen molar-refractivity contribution in [1.29, 1.82) is 0 Å². The second kappa shape index (κ2) is 6.44. The third-order valence-electron chi connectivity index (χ3n) is 3.39. The summed E-state index contributed by atoms with van der Waals surface area (Å²) in [6.07, 6.45) is 0. The number of aromatic hydroxyl groups is 1. The fourth-order valence-electron chi connectivity index (χ4n) is 2.18. The number of hydrogen-bond acceptors (Lipinski definition) is 3. The molecule has 0 amide bonds. The minimum Gasteiger partial charge on any atom is -0.508 e. The van der Waals surface area contributed by atoms with Gasteiger partial charge < -0.3 is 10.8 Å². The summed E-state index contributed by atoms with van der Waals surface area (Å²) in [6.45, 7) is 6.09. The number of hydrogen-bond donors (Lipinski definition) is 2. The second-order valence-electron chi connectivity index (χ2n) is 5.41. The number of rotatable bonds is 5. The Labute approximate surface area is 120 Å². The monoisotopic (exact) mass is 270 g/mol. The van der Waals surface area contributed by atoms with Crippen molar-refractivity contribution in [2.75, 3.05) is 5.73 Å². The minimum atomic E-state index is 0.306. The first-order valence-corrected chi connectivity index (χ1v) is 6.91. The highest BCUT2D eigenvalue weighted by molar-refractivity contribution is 5.40. The van der Waals surface area contributed by atoms with Crippen LogP contribution in [0, 0.1) is 0 Å². The molecule has 3 heteroatoms. The van der Waals surface area contributed by atoms with Gasteiger partial charge in [-0.25, -0.2) is 0 Å². The van der Waals surface area contributed by atoms with Crippen LogP contribution < -0.4 is 5.73 Å². The Kier molecular flexibility index (Phi) is 4.64. The van der Waals surface area contributed by atoms with Gasteiger partial charge in [0, 0.05) is 24.8 Å². The van der Waals surface area contributed by atoms with Gasteiger partial charge in [0.05, 0.1) is 0 Å². The van der Waals surface area contributed by atoms with E-state index in [1.54, 1.807) is 12.1 Å². The Morgan fingerprint density at radius 3 is 2.25 bits per heavy atom. The van der Waals surface area contributed by atoms with Crippen LogP contribution in [0.25, 0.3) is 0 Å². The van der Waals surface area contributed by atoms with Crippen LogP contribution in [0.5, 0.6) is 5.75 Å². The number of phenols is 1.